The number of nitrogens with zero attached hydrogens (tertiary/aromatic N) is 4. The molecule has 0 aromatic carbocycles. The van der Waals surface area contributed by atoms with E-state index in [4.69, 9.17) is 0 Å². The molecule has 1 fully saturated rings. The van der Waals surface area contributed by atoms with Crippen LogP contribution in [0.5, 0.6) is 0 Å². The van der Waals surface area contributed by atoms with E-state index in [1.54, 1.807) is 23.1 Å². The molecule has 2 aromatic rings. The van der Waals surface area contributed by atoms with Crippen molar-refractivity contribution in [1.82, 2.24) is 30.3 Å². The molecule has 9 heteroatoms. The van der Waals surface area contributed by atoms with Crippen molar-refractivity contribution in [2.75, 3.05) is 39.3 Å². The minimum atomic E-state index is -0.149. The summed E-state index contributed by atoms with van der Waals surface area (Å²) in [5, 5.41) is 10.4. The largest absolute Gasteiger partial charge is 0.349 e. The maximum Gasteiger partial charge on any atom is 0.270 e. The van der Waals surface area contributed by atoms with Crippen LogP contribution in [-0.2, 0) is 0 Å². The Kier molecular flexibility index (Phi) is 8.70. The summed E-state index contributed by atoms with van der Waals surface area (Å²) >= 11 is 0. The lowest BCUT2D eigenvalue weighted by atomic mass is 10.3. The zero-order valence-electron chi connectivity index (χ0n) is 13.2. The van der Waals surface area contributed by atoms with Crippen LogP contribution in [0.2, 0.25) is 0 Å². The molecule has 0 bridgehead atoms. The lowest BCUT2D eigenvalue weighted by molar-refractivity contribution is 0.0942. The summed E-state index contributed by atoms with van der Waals surface area (Å²) in [6, 6.07) is 7.18. The second kappa shape index (κ2) is 10.2. The van der Waals surface area contributed by atoms with Crippen LogP contribution < -0.4 is 10.6 Å². The molecule has 0 unspecified atom stereocenters. The highest BCUT2D eigenvalue weighted by Gasteiger charge is 2.11. The third-order valence-corrected chi connectivity index (χ3v) is 3.63. The van der Waals surface area contributed by atoms with Crippen molar-refractivity contribution in [3.63, 3.8) is 0 Å². The van der Waals surface area contributed by atoms with E-state index in [2.05, 4.69) is 25.6 Å². The fourth-order valence-electron chi connectivity index (χ4n) is 2.43. The maximum absolute atomic E-state index is 12.2. The lowest BCUT2D eigenvalue weighted by Crippen LogP contribution is -2.46. The first-order valence-corrected chi connectivity index (χ1v) is 7.51. The van der Waals surface area contributed by atoms with Gasteiger partial charge in [0.05, 0.1) is 0 Å². The standard InChI is InChI=1S/C15H20N6O.2ClH/c22-15(17-8-12-20-10-6-16-7-11-20)13-3-1-4-14(19-13)21-9-2-5-18-21;;/h1-5,9,16H,6-8,10-12H2,(H,17,22);2*1H. The lowest BCUT2D eigenvalue weighted by Gasteiger charge is -2.27. The molecule has 1 aliphatic heterocycles. The van der Waals surface area contributed by atoms with E-state index in [1.165, 1.54) is 0 Å². The smallest absolute Gasteiger partial charge is 0.270 e. The van der Waals surface area contributed by atoms with Gasteiger partial charge in [-0.25, -0.2) is 9.67 Å². The summed E-state index contributed by atoms with van der Waals surface area (Å²) in [5.41, 5.74) is 0.410. The Bertz CT molecular complexity index is 616. The summed E-state index contributed by atoms with van der Waals surface area (Å²) in [7, 11) is 0. The number of carbonyl (C=O) groups excluding carboxylic acids is 1. The van der Waals surface area contributed by atoms with E-state index in [-0.39, 0.29) is 30.7 Å². The van der Waals surface area contributed by atoms with Crippen LogP contribution in [0.4, 0.5) is 0 Å². The van der Waals surface area contributed by atoms with Crippen LogP contribution >= 0.6 is 24.8 Å². The van der Waals surface area contributed by atoms with Crippen LogP contribution in [0.15, 0.2) is 36.7 Å². The van der Waals surface area contributed by atoms with Gasteiger partial charge in [-0.2, -0.15) is 5.10 Å². The molecular formula is C15H22Cl2N6O. The Morgan fingerprint density at radius 3 is 2.71 bits per heavy atom. The molecule has 7 nitrogen and oxygen atoms in total. The number of piperazine rings is 1. The average Bonchev–Trinajstić information content (AvgIpc) is 3.10. The number of carbonyl (C=O) groups is 1. The quantitative estimate of drug-likeness (QED) is 0.809. The summed E-state index contributed by atoms with van der Waals surface area (Å²) in [6.45, 7) is 5.59. The van der Waals surface area contributed by atoms with Crippen LogP contribution in [0.1, 0.15) is 10.5 Å². The topological polar surface area (TPSA) is 75.1 Å². The number of nitrogens with one attached hydrogen (secondary N) is 2. The zero-order valence-corrected chi connectivity index (χ0v) is 14.9. The van der Waals surface area contributed by atoms with E-state index in [0.29, 0.717) is 18.1 Å². The summed E-state index contributed by atoms with van der Waals surface area (Å²) in [5.74, 6) is 0.490. The fraction of sp³-hybridized carbons (Fsp3) is 0.400. The van der Waals surface area contributed by atoms with Gasteiger partial charge >= 0.3 is 0 Å². The van der Waals surface area contributed by atoms with Gasteiger partial charge in [-0.1, -0.05) is 6.07 Å². The predicted octanol–water partition coefficient (Wildman–Crippen LogP) is 0.746. The van der Waals surface area contributed by atoms with Crippen LogP contribution in [0.3, 0.4) is 0 Å². The van der Waals surface area contributed by atoms with E-state index in [0.717, 1.165) is 32.7 Å². The number of aromatic nitrogens is 3. The van der Waals surface area contributed by atoms with Crippen molar-refractivity contribution < 1.29 is 4.79 Å². The van der Waals surface area contributed by atoms with E-state index in [9.17, 15) is 4.79 Å². The summed E-state index contributed by atoms with van der Waals surface area (Å²) < 4.78 is 1.64. The number of amides is 1. The molecule has 3 rings (SSSR count). The van der Waals surface area contributed by atoms with E-state index in [1.807, 2.05) is 18.2 Å². The van der Waals surface area contributed by atoms with Crippen molar-refractivity contribution in [1.29, 1.82) is 0 Å². The minimum Gasteiger partial charge on any atom is -0.349 e. The van der Waals surface area contributed by atoms with Gasteiger partial charge in [0.15, 0.2) is 5.82 Å². The van der Waals surface area contributed by atoms with Crippen LogP contribution in [0, 0.1) is 0 Å². The number of rotatable bonds is 5. The predicted molar refractivity (Wildman–Crippen MR) is 97.5 cm³/mol. The Morgan fingerprint density at radius 2 is 2.00 bits per heavy atom. The van der Waals surface area contributed by atoms with E-state index < -0.39 is 0 Å². The molecule has 0 atom stereocenters. The highest BCUT2D eigenvalue weighted by atomic mass is 35.5. The first-order chi connectivity index (χ1) is 10.8. The molecule has 0 spiro atoms. The highest BCUT2D eigenvalue weighted by Crippen LogP contribution is 2.04. The van der Waals surface area contributed by atoms with Gasteiger partial charge in [0.25, 0.3) is 5.91 Å². The van der Waals surface area contributed by atoms with Gasteiger partial charge in [-0.05, 0) is 18.2 Å². The molecule has 0 saturated carbocycles. The molecule has 3 heterocycles. The van der Waals surface area contributed by atoms with Crippen molar-refractivity contribution in [3.05, 3.63) is 42.4 Å². The summed E-state index contributed by atoms with van der Waals surface area (Å²) in [6.07, 6.45) is 3.48. The van der Waals surface area contributed by atoms with Gasteiger partial charge < -0.3 is 10.6 Å². The SMILES string of the molecule is Cl.Cl.O=C(NCCN1CCNCC1)c1cccc(-n2cccn2)n1. The molecule has 1 amide bonds. The molecule has 2 N–H and O–H groups in total. The first kappa shape index (κ1) is 20.4. The van der Waals surface area contributed by atoms with Gasteiger partial charge in [-0.3, -0.25) is 9.69 Å². The Labute approximate surface area is 153 Å². The van der Waals surface area contributed by atoms with Crippen molar-refractivity contribution in [3.8, 4) is 5.82 Å². The third-order valence-electron chi connectivity index (χ3n) is 3.63. The Hall–Kier alpha value is -1.67. The van der Waals surface area contributed by atoms with E-state index >= 15 is 0 Å². The second-order valence-electron chi connectivity index (χ2n) is 5.18. The summed E-state index contributed by atoms with van der Waals surface area (Å²) in [4.78, 5) is 18.9. The molecule has 132 valence electrons. The first-order valence-electron chi connectivity index (χ1n) is 7.51. The van der Waals surface area contributed by atoms with Gasteiger partial charge in [0.1, 0.15) is 5.69 Å². The highest BCUT2D eigenvalue weighted by molar-refractivity contribution is 5.92. The van der Waals surface area contributed by atoms with Crippen LogP contribution in [0.25, 0.3) is 5.82 Å². The minimum absolute atomic E-state index is 0. The average molecular weight is 373 g/mol. The number of hydrogen-bond donors (Lipinski definition) is 2. The van der Waals surface area contributed by atoms with Crippen molar-refractivity contribution in [2.24, 2.45) is 0 Å². The van der Waals surface area contributed by atoms with Crippen LogP contribution in [-0.4, -0.2) is 64.8 Å². The Balaban J connectivity index is 0.00000144. The van der Waals surface area contributed by atoms with Gasteiger partial charge in [-0.15, -0.1) is 24.8 Å². The fourth-order valence-corrected chi connectivity index (χ4v) is 2.43. The van der Waals surface area contributed by atoms with Crippen molar-refractivity contribution >= 4 is 30.7 Å². The number of hydrogen-bond acceptors (Lipinski definition) is 5. The molecule has 2 aromatic heterocycles. The molecule has 1 aliphatic rings. The third kappa shape index (κ3) is 5.45. The molecule has 0 aliphatic carbocycles. The van der Waals surface area contributed by atoms with Gasteiger partial charge in [0.2, 0.25) is 0 Å². The Morgan fingerprint density at radius 1 is 1.21 bits per heavy atom. The number of pyridine rings is 1. The monoisotopic (exact) mass is 372 g/mol. The molecule has 1 saturated heterocycles. The normalized spacial score (nSPS) is 14.3. The van der Waals surface area contributed by atoms with Gasteiger partial charge in [0, 0.05) is 51.7 Å². The molecule has 24 heavy (non-hydrogen) atoms. The maximum atomic E-state index is 12.2. The second-order valence-corrected chi connectivity index (χ2v) is 5.18. The molecular weight excluding hydrogens is 351 g/mol. The number of halogens is 2. The van der Waals surface area contributed by atoms with Crippen molar-refractivity contribution in [2.45, 2.75) is 0 Å². The molecule has 0 radical (unpaired) electrons. The zero-order chi connectivity index (χ0) is 15.2.